The lowest BCUT2D eigenvalue weighted by Gasteiger charge is -2.09. The molecule has 1 unspecified atom stereocenters. The first kappa shape index (κ1) is 9.72. The molecule has 0 spiro atoms. The van der Waals surface area contributed by atoms with E-state index in [1.807, 2.05) is 6.92 Å². The molecule has 15 heavy (non-hydrogen) atoms. The van der Waals surface area contributed by atoms with Crippen LogP contribution in [0.4, 0.5) is 4.39 Å². The first-order valence-electron chi connectivity index (χ1n) is 4.43. The number of nitrogens with two attached hydrogens (primary N) is 1. The van der Waals surface area contributed by atoms with Crippen molar-refractivity contribution in [1.82, 2.24) is 20.6 Å². The van der Waals surface area contributed by atoms with Crippen LogP contribution >= 0.6 is 0 Å². The lowest BCUT2D eigenvalue weighted by atomic mass is 10.0. The van der Waals surface area contributed by atoms with Crippen molar-refractivity contribution in [1.29, 1.82) is 0 Å². The van der Waals surface area contributed by atoms with Gasteiger partial charge in [-0.15, -0.1) is 10.2 Å². The van der Waals surface area contributed by atoms with E-state index >= 15 is 0 Å². The minimum Gasteiger partial charge on any atom is -0.317 e. The maximum atomic E-state index is 13.4. The van der Waals surface area contributed by atoms with Gasteiger partial charge in [-0.3, -0.25) is 0 Å². The Balaban J connectivity index is 2.41. The van der Waals surface area contributed by atoms with E-state index in [9.17, 15) is 4.39 Å². The van der Waals surface area contributed by atoms with Crippen molar-refractivity contribution in [3.05, 3.63) is 41.0 Å². The van der Waals surface area contributed by atoms with Gasteiger partial charge < -0.3 is 5.73 Å². The Morgan fingerprint density at radius 1 is 1.47 bits per heavy atom. The molecule has 1 aromatic carbocycles. The van der Waals surface area contributed by atoms with Gasteiger partial charge in [0.15, 0.2) is 5.82 Å². The van der Waals surface area contributed by atoms with Gasteiger partial charge in [-0.25, -0.2) is 4.39 Å². The molecular weight excluding hydrogens is 197 g/mol. The average molecular weight is 207 g/mol. The number of aromatic amines is 1. The number of tetrazole rings is 1. The van der Waals surface area contributed by atoms with E-state index in [4.69, 9.17) is 5.73 Å². The second kappa shape index (κ2) is 3.74. The lowest BCUT2D eigenvalue weighted by Crippen LogP contribution is -2.15. The van der Waals surface area contributed by atoms with Crippen molar-refractivity contribution in [3.63, 3.8) is 0 Å². The SMILES string of the molecule is Cc1ccc(F)c(C(N)c2nn[nH]n2)c1. The molecular formula is C9H10FN5. The molecule has 1 atom stereocenters. The zero-order valence-electron chi connectivity index (χ0n) is 8.11. The molecule has 0 radical (unpaired) electrons. The van der Waals surface area contributed by atoms with Crippen LogP contribution in [0.1, 0.15) is 23.0 Å². The summed E-state index contributed by atoms with van der Waals surface area (Å²) in [4.78, 5) is 0. The molecule has 5 nitrogen and oxygen atoms in total. The third kappa shape index (κ3) is 1.84. The van der Waals surface area contributed by atoms with Crippen LogP contribution in [0, 0.1) is 12.7 Å². The Bertz CT molecular complexity index is 454. The fourth-order valence-electron chi connectivity index (χ4n) is 1.34. The van der Waals surface area contributed by atoms with Crippen LogP contribution in [0.25, 0.3) is 0 Å². The molecule has 0 fully saturated rings. The van der Waals surface area contributed by atoms with Gasteiger partial charge in [0.1, 0.15) is 5.82 Å². The molecule has 6 heteroatoms. The van der Waals surface area contributed by atoms with Crippen LogP contribution in [-0.2, 0) is 0 Å². The minimum absolute atomic E-state index is 0.277. The summed E-state index contributed by atoms with van der Waals surface area (Å²) < 4.78 is 13.4. The zero-order valence-corrected chi connectivity index (χ0v) is 8.11. The molecule has 0 aliphatic carbocycles. The molecule has 2 aromatic rings. The molecule has 3 N–H and O–H groups in total. The van der Waals surface area contributed by atoms with Crippen molar-refractivity contribution in [2.75, 3.05) is 0 Å². The van der Waals surface area contributed by atoms with Gasteiger partial charge >= 0.3 is 0 Å². The van der Waals surface area contributed by atoms with Gasteiger partial charge in [0.2, 0.25) is 0 Å². The van der Waals surface area contributed by atoms with Crippen LogP contribution in [0.5, 0.6) is 0 Å². The van der Waals surface area contributed by atoms with Crippen molar-refractivity contribution in [2.24, 2.45) is 5.73 Å². The maximum absolute atomic E-state index is 13.4. The Hall–Kier alpha value is -1.82. The van der Waals surface area contributed by atoms with E-state index in [0.29, 0.717) is 5.56 Å². The fraction of sp³-hybridized carbons (Fsp3) is 0.222. The summed E-state index contributed by atoms with van der Waals surface area (Å²) >= 11 is 0. The predicted molar refractivity (Wildman–Crippen MR) is 51.3 cm³/mol. The second-order valence-corrected chi connectivity index (χ2v) is 3.27. The quantitative estimate of drug-likeness (QED) is 0.759. The van der Waals surface area contributed by atoms with Crippen molar-refractivity contribution in [2.45, 2.75) is 13.0 Å². The predicted octanol–water partition coefficient (Wildman–Crippen LogP) is 0.695. The van der Waals surface area contributed by atoms with Gasteiger partial charge in [0, 0.05) is 5.56 Å². The number of nitrogens with one attached hydrogen (secondary N) is 1. The Morgan fingerprint density at radius 2 is 2.27 bits per heavy atom. The third-order valence-corrected chi connectivity index (χ3v) is 2.13. The molecule has 0 aliphatic heterocycles. The number of H-pyrrole nitrogens is 1. The molecule has 0 aliphatic rings. The van der Waals surface area contributed by atoms with E-state index < -0.39 is 6.04 Å². The standard InChI is InChI=1S/C9H10FN5/c1-5-2-3-7(10)6(4-5)8(11)9-12-14-15-13-9/h2-4,8H,11H2,1H3,(H,12,13,14,15). The number of hydrogen-bond donors (Lipinski definition) is 2. The van der Waals surface area contributed by atoms with Gasteiger partial charge in [0.25, 0.3) is 0 Å². The van der Waals surface area contributed by atoms with E-state index in [1.165, 1.54) is 6.07 Å². The molecule has 2 rings (SSSR count). The Labute approximate surface area is 85.5 Å². The number of benzene rings is 1. The summed E-state index contributed by atoms with van der Waals surface area (Å²) in [6, 6.07) is 4.05. The largest absolute Gasteiger partial charge is 0.317 e. The van der Waals surface area contributed by atoms with E-state index in [0.717, 1.165) is 5.56 Å². The van der Waals surface area contributed by atoms with E-state index in [-0.39, 0.29) is 11.6 Å². The van der Waals surface area contributed by atoms with Gasteiger partial charge in [0.05, 0.1) is 6.04 Å². The smallest absolute Gasteiger partial charge is 0.195 e. The summed E-state index contributed by atoms with van der Waals surface area (Å²) in [6.07, 6.45) is 0. The van der Waals surface area contributed by atoms with Crippen molar-refractivity contribution < 1.29 is 4.39 Å². The van der Waals surface area contributed by atoms with Crippen LogP contribution in [0.2, 0.25) is 0 Å². The maximum Gasteiger partial charge on any atom is 0.195 e. The summed E-state index contributed by atoms with van der Waals surface area (Å²) in [5.41, 5.74) is 7.11. The van der Waals surface area contributed by atoms with Gasteiger partial charge in [-0.1, -0.05) is 22.9 Å². The number of aromatic nitrogens is 4. The Morgan fingerprint density at radius 3 is 2.93 bits per heavy atom. The second-order valence-electron chi connectivity index (χ2n) is 3.27. The highest BCUT2D eigenvalue weighted by molar-refractivity contribution is 5.29. The molecule has 0 amide bonds. The van der Waals surface area contributed by atoms with Crippen molar-refractivity contribution >= 4 is 0 Å². The molecule has 0 saturated carbocycles. The highest BCUT2D eigenvalue weighted by atomic mass is 19.1. The normalized spacial score (nSPS) is 12.7. The summed E-state index contributed by atoms with van der Waals surface area (Å²) in [6.45, 7) is 1.87. The topological polar surface area (TPSA) is 80.5 Å². The fourth-order valence-corrected chi connectivity index (χ4v) is 1.34. The molecule has 78 valence electrons. The third-order valence-electron chi connectivity index (χ3n) is 2.13. The summed E-state index contributed by atoms with van der Waals surface area (Å²) in [5.74, 6) is -0.0857. The van der Waals surface area contributed by atoms with Crippen LogP contribution in [0.15, 0.2) is 18.2 Å². The number of rotatable bonds is 2. The number of hydrogen-bond acceptors (Lipinski definition) is 4. The molecule has 0 bridgehead atoms. The van der Waals surface area contributed by atoms with Crippen molar-refractivity contribution in [3.8, 4) is 0 Å². The van der Waals surface area contributed by atoms with E-state index in [1.54, 1.807) is 12.1 Å². The highest BCUT2D eigenvalue weighted by Gasteiger charge is 2.17. The highest BCUT2D eigenvalue weighted by Crippen LogP contribution is 2.19. The molecule has 0 saturated heterocycles. The van der Waals surface area contributed by atoms with Gasteiger partial charge in [-0.05, 0) is 13.0 Å². The monoisotopic (exact) mass is 207 g/mol. The zero-order chi connectivity index (χ0) is 10.8. The first-order valence-corrected chi connectivity index (χ1v) is 4.43. The minimum atomic E-state index is -0.691. The molecule has 1 heterocycles. The number of aryl methyl sites for hydroxylation is 1. The lowest BCUT2D eigenvalue weighted by molar-refractivity contribution is 0.593. The van der Waals surface area contributed by atoms with Crippen LogP contribution < -0.4 is 5.73 Å². The van der Waals surface area contributed by atoms with Gasteiger partial charge in [-0.2, -0.15) is 5.21 Å². The number of halogens is 1. The van der Waals surface area contributed by atoms with E-state index in [2.05, 4.69) is 20.6 Å². The average Bonchev–Trinajstić information content (AvgIpc) is 2.74. The number of nitrogens with zero attached hydrogens (tertiary/aromatic N) is 3. The Kier molecular flexibility index (Phi) is 2.42. The summed E-state index contributed by atoms with van der Waals surface area (Å²) in [5, 5.41) is 13.1. The molecule has 1 aromatic heterocycles. The first-order chi connectivity index (χ1) is 7.18. The van der Waals surface area contributed by atoms with Crippen LogP contribution in [0.3, 0.4) is 0 Å². The van der Waals surface area contributed by atoms with Crippen LogP contribution in [-0.4, -0.2) is 20.6 Å². The summed E-state index contributed by atoms with van der Waals surface area (Å²) in [7, 11) is 0.